The summed E-state index contributed by atoms with van der Waals surface area (Å²) < 4.78 is 28.4. The summed E-state index contributed by atoms with van der Waals surface area (Å²) in [6, 6.07) is 14.5. The van der Waals surface area contributed by atoms with E-state index < -0.39 is 10.0 Å². The van der Waals surface area contributed by atoms with E-state index >= 15 is 0 Å². The van der Waals surface area contributed by atoms with Gasteiger partial charge in [-0.3, -0.25) is 0 Å². The molecule has 0 aliphatic rings. The van der Waals surface area contributed by atoms with E-state index in [-0.39, 0.29) is 6.54 Å². The highest BCUT2D eigenvalue weighted by atomic mass is 79.9. The zero-order valence-electron chi connectivity index (χ0n) is 11.6. The Labute approximate surface area is 133 Å². The van der Waals surface area contributed by atoms with Crippen LogP contribution in [0.25, 0.3) is 0 Å². The minimum atomic E-state index is -3.52. The number of sulfonamides is 1. The first-order chi connectivity index (χ1) is 10.0. The highest BCUT2D eigenvalue weighted by Crippen LogP contribution is 2.16. The Balaban J connectivity index is 2.17. The molecule has 0 bridgehead atoms. The SMILES string of the molecule is CNCc1ccccc1S(=O)(=O)NCc1ccc(Br)cc1. The van der Waals surface area contributed by atoms with Gasteiger partial charge in [0.1, 0.15) is 0 Å². The van der Waals surface area contributed by atoms with E-state index in [1.807, 2.05) is 36.4 Å². The third kappa shape index (κ3) is 4.38. The van der Waals surface area contributed by atoms with Crippen LogP contribution >= 0.6 is 15.9 Å². The molecule has 21 heavy (non-hydrogen) atoms. The van der Waals surface area contributed by atoms with Crippen molar-refractivity contribution < 1.29 is 8.42 Å². The van der Waals surface area contributed by atoms with Crippen molar-refractivity contribution in [2.75, 3.05) is 7.05 Å². The van der Waals surface area contributed by atoms with Crippen LogP contribution in [0.3, 0.4) is 0 Å². The fraction of sp³-hybridized carbons (Fsp3) is 0.200. The van der Waals surface area contributed by atoms with Crippen molar-refractivity contribution in [3.63, 3.8) is 0 Å². The van der Waals surface area contributed by atoms with Crippen molar-refractivity contribution in [3.05, 3.63) is 64.1 Å². The lowest BCUT2D eigenvalue weighted by atomic mass is 10.2. The van der Waals surface area contributed by atoms with Crippen molar-refractivity contribution in [1.29, 1.82) is 0 Å². The number of hydrogen-bond acceptors (Lipinski definition) is 3. The second-order valence-corrected chi connectivity index (χ2v) is 7.24. The average Bonchev–Trinajstić information content (AvgIpc) is 2.47. The summed E-state index contributed by atoms with van der Waals surface area (Å²) in [5, 5.41) is 2.98. The lowest BCUT2D eigenvalue weighted by Crippen LogP contribution is -2.25. The Hall–Kier alpha value is -1.21. The van der Waals surface area contributed by atoms with Crippen LogP contribution in [0.5, 0.6) is 0 Å². The molecule has 0 radical (unpaired) electrons. The van der Waals surface area contributed by atoms with Crippen molar-refractivity contribution in [3.8, 4) is 0 Å². The maximum absolute atomic E-state index is 12.4. The van der Waals surface area contributed by atoms with E-state index in [1.54, 1.807) is 19.2 Å². The molecule has 0 unspecified atom stereocenters. The van der Waals surface area contributed by atoms with Crippen LogP contribution in [0, 0.1) is 0 Å². The first-order valence-electron chi connectivity index (χ1n) is 6.49. The molecule has 0 amide bonds. The molecule has 0 aliphatic carbocycles. The van der Waals surface area contributed by atoms with Crippen LogP contribution in [0.1, 0.15) is 11.1 Å². The Kier molecular flexibility index (Phi) is 5.52. The van der Waals surface area contributed by atoms with Gasteiger partial charge in [0.05, 0.1) is 4.90 Å². The molecule has 0 heterocycles. The molecule has 0 fully saturated rings. The molecular weight excluding hydrogens is 352 g/mol. The summed E-state index contributed by atoms with van der Waals surface area (Å²) >= 11 is 3.35. The molecule has 0 saturated carbocycles. The van der Waals surface area contributed by atoms with Crippen LogP contribution in [0.15, 0.2) is 57.9 Å². The molecule has 0 atom stereocenters. The Morgan fingerprint density at radius 1 is 1.00 bits per heavy atom. The Bertz CT molecular complexity index is 700. The zero-order valence-corrected chi connectivity index (χ0v) is 14.0. The lowest BCUT2D eigenvalue weighted by Gasteiger charge is -2.11. The first kappa shape index (κ1) is 16.2. The van der Waals surface area contributed by atoms with Crippen molar-refractivity contribution in [1.82, 2.24) is 10.0 Å². The number of rotatable bonds is 6. The van der Waals surface area contributed by atoms with Gasteiger partial charge in [-0.25, -0.2) is 13.1 Å². The van der Waals surface area contributed by atoms with Crippen molar-refractivity contribution in [2.24, 2.45) is 0 Å². The van der Waals surface area contributed by atoms with Crippen LogP contribution in [-0.4, -0.2) is 15.5 Å². The van der Waals surface area contributed by atoms with Crippen molar-refractivity contribution in [2.45, 2.75) is 18.0 Å². The monoisotopic (exact) mass is 368 g/mol. The predicted molar refractivity (Wildman–Crippen MR) is 87.4 cm³/mol. The minimum Gasteiger partial charge on any atom is -0.316 e. The number of hydrogen-bond donors (Lipinski definition) is 2. The zero-order chi connectivity index (χ0) is 15.3. The second-order valence-electron chi connectivity index (χ2n) is 4.59. The van der Waals surface area contributed by atoms with Crippen molar-refractivity contribution >= 4 is 26.0 Å². The highest BCUT2D eigenvalue weighted by Gasteiger charge is 2.17. The molecule has 6 heteroatoms. The third-order valence-corrected chi connectivity index (χ3v) is 5.04. The smallest absolute Gasteiger partial charge is 0.241 e. The van der Waals surface area contributed by atoms with Gasteiger partial charge in [-0.1, -0.05) is 46.3 Å². The predicted octanol–water partition coefficient (Wildman–Crippen LogP) is 2.65. The number of benzene rings is 2. The first-order valence-corrected chi connectivity index (χ1v) is 8.77. The van der Waals surface area contributed by atoms with E-state index in [4.69, 9.17) is 0 Å². The molecule has 2 aromatic rings. The van der Waals surface area contributed by atoms with E-state index in [0.717, 1.165) is 15.6 Å². The molecule has 0 aromatic heterocycles. The van der Waals surface area contributed by atoms with Crippen LogP contribution < -0.4 is 10.0 Å². The Morgan fingerprint density at radius 3 is 2.33 bits per heavy atom. The highest BCUT2D eigenvalue weighted by molar-refractivity contribution is 9.10. The van der Waals surface area contributed by atoms with Gasteiger partial charge in [-0.05, 0) is 36.4 Å². The van der Waals surface area contributed by atoms with Gasteiger partial charge >= 0.3 is 0 Å². The van der Waals surface area contributed by atoms with Crippen LogP contribution in [-0.2, 0) is 23.1 Å². The van der Waals surface area contributed by atoms with E-state index in [2.05, 4.69) is 26.0 Å². The number of nitrogens with one attached hydrogen (secondary N) is 2. The molecule has 112 valence electrons. The lowest BCUT2D eigenvalue weighted by molar-refractivity contribution is 0.579. The molecule has 4 nitrogen and oxygen atoms in total. The standard InChI is InChI=1S/C15H17BrN2O2S/c1-17-11-13-4-2-3-5-15(13)21(19,20)18-10-12-6-8-14(16)9-7-12/h2-9,17-18H,10-11H2,1H3. The molecule has 0 spiro atoms. The van der Waals surface area contributed by atoms with E-state index in [0.29, 0.717) is 11.4 Å². The maximum Gasteiger partial charge on any atom is 0.241 e. The van der Waals surface area contributed by atoms with E-state index in [9.17, 15) is 8.42 Å². The maximum atomic E-state index is 12.4. The van der Waals surface area contributed by atoms with Gasteiger partial charge < -0.3 is 5.32 Å². The fourth-order valence-electron chi connectivity index (χ4n) is 1.96. The van der Waals surface area contributed by atoms with Crippen LogP contribution in [0.4, 0.5) is 0 Å². The van der Waals surface area contributed by atoms with Gasteiger partial charge in [0.25, 0.3) is 0 Å². The third-order valence-electron chi connectivity index (χ3n) is 3.01. The molecule has 2 rings (SSSR count). The fourth-order valence-corrected chi connectivity index (χ4v) is 3.48. The Morgan fingerprint density at radius 2 is 1.67 bits per heavy atom. The summed E-state index contributed by atoms with van der Waals surface area (Å²) in [6.45, 7) is 0.777. The molecule has 0 aliphatic heterocycles. The average molecular weight is 369 g/mol. The molecular formula is C15H17BrN2O2S. The largest absolute Gasteiger partial charge is 0.316 e. The summed E-state index contributed by atoms with van der Waals surface area (Å²) in [7, 11) is -1.73. The second kappa shape index (κ2) is 7.17. The quantitative estimate of drug-likeness (QED) is 0.823. The van der Waals surface area contributed by atoms with E-state index in [1.165, 1.54) is 0 Å². The minimum absolute atomic E-state index is 0.267. The summed E-state index contributed by atoms with van der Waals surface area (Å²) in [5.41, 5.74) is 1.66. The van der Waals surface area contributed by atoms with Gasteiger partial charge in [0.2, 0.25) is 10.0 Å². The normalized spacial score (nSPS) is 11.5. The summed E-state index contributed by atoms with van der Waals surface area (Å²) in [6.07, 6.45) is 0. The number of halogens is 1. The van der Waals surface area contributed by atoms with Gasteiger partial charge in [-0.2, -0.15) is 0 Å². The van der Waals surface area contributed by atoms with Gasteiger partial charge in [-0.15, -0.1) is 0 Å². The molecule has 0 saturated heterocycles. The van der Waals surface area contributed by atoms with Gasteiger partial charge in [0, 0.05) is 17.6 Å². The summed E-state index contributed by atoms with van der Waals surface area (Å²) in [5.74, 6) is 0. The topological polar surface area (TPSA) is 58.2 Å². The van der Waals surface area contributed by atoms with Crippen LogP contribution in [0.2, 0.25) is 0 Å². The summed E-state index contributed by atoms with van der Waals surface area (Å²) in [4.78, 5) is 0.316. The molecule has 2 aromatic carbocycles. The molecule has 2 N–H and O–H groups in total. The van der Waals surface area contributed by atoms with Gasteiger partial charge in [0.15, 0.2) is 0 Å².